The number of hydrogen-bond acceptors (Lipinski definition) is 1. The van der Waals surface area contributed by atoms with Crippen molar-refractivity contribution in [1.29, 1.82) is 0 Å². The lowest BCUT2D eigenvalue weighted by Gasteiger charge is -2.00. The second-order valence-electron chi connectivity index (χ2n) is 2.99. The van der Waals surface area contributed by atoms with Gasteiger partial charge in [-0.3, -0.25) is 4.79 Å². The zero-order chi connectivity index (χ0) is 9.68. The van der Waals surface area contributed by atoms with Crippen LogP contribution in [0.1, 0.15) is 17.5 Å². The molecule has 0 amide bonds. The molecule has 0 aliphatic carbocycles. The third kappa shape index (κ3) is 3.28. The molecule has 1 aromatic rings. The molecular weight excluding hydrogens is 164 g/mol. The van der Waals surface area contributed by atoms with E-state index in [0.717, 1.165) is 18.4 Å². The van der Waals surface area contributed by atoms with E-state index in [9.17, 15) is 4.79 Å². The van der Waals surface area contributed by atoms with E-state index in [-0.39, 0.29) is 6.42 Å². The Labute approximate surface area is 78.2 Å². The fraction of sp³-hybridized carbons (Fsp3) is 0.273. The van der Waals surface area contributed by atoms with Crippen LogP contribution in [0.2, 0.25) is 0 Å². The number of aliphatic carboxylic acids is 1. The van der Waals surface area contributed by atoms with E-state index in [1.807, 2.05) is 24.3 Å². The number of benzene rings is 1. The standard InChI is InChI=1S/C11H13O2/c1-2-3-9-4-6-10(7-5-9)8-11(12)13/h4-7H,1-3,8H2,(H,12,13). The summed E-state index contributed by atoms with van der Waals surface area (Å²) in [4.78, 5) is 10.4. The molecule has 2 nitrogen and oxygen atoms in total. The maximum atomic E-state index is 10.4. The number of carboxylic acids is 1. The van der Waals surface area contributed by atoms with Gasteiger partial charge in [0, 0.05) is 0 Å². The van der Waals surface area contributed by atoms with Crippen molar-refractivity contribution in [1.82, 2.24) is 0 Å². The van der Waals surface area contributed by atoms with E-state index in [2.05, 4.69) is 6.92 Å². The maximum Gasteiger partial charge on any atom is 0.307 e. The maximum absolute atomic E-state index is 10.4. The van der Waals surface area contributed by atoms with Crippen LogP contribution in [0.15, 0.2) is 24.3 Å². The molecule has 2 heteroatoms. The molecule has 1 rings (SSSR count). The number of aryl methyl sites for hydroxylation is 1. The van der Waals surface area contributed by atoms with Gasteiger partial charge >= 0.3 is 5.97 Å². The third-order valence-corrected chi connectivity index (χ3v) is 1.84. The summed E-state index contributed by atoms with van der Waals surface area (Å²) in [6.07, 6.45) is 1.93. The molecule has 13 heavy (non-hydrogen) atoms. The van der Waals surface area contributed by atoms with Crippen LogP contribution < -0.4 is 0 Å². The first-order valence-corrected chi connectivity index (χ1v) is 4.31. The Morgan fingerprint density at radius 2 is 1.77 bits per heavy atom. The molecule has 69 valence electrons. The van der Waals surface area contributed by atoms with Gasteiger partial charge in [0.2, 0.25) is 0 Å². The van der Waals surface area contributed by atoms with Gasteiger partial charge in [-0.05, 0) is 24.0 Å². The highest BCUT2D eigenvalue weighted by atomic mass is 16.4. The molecule has 0 heterocycles. The summed E-state index contributed by atoms with van der Waals surface area (Å²) >= 11 is 0. The zero-order valence-electron chi connectivity index (χ0n) is 7.49. The van der Waals surface area contributed by atoms with Crippen molar-refractivity contribution in [2.75, 3.05) is 0 Å². The summed E-state index contributed by atoms with van der Waals surface area (Å²) in [7, 11) is 0. The SMILES string of the molecule is [CH2]CCc1ccc(CC(=O)O)cc1. The Hall–Kier alpha value is -1.31. The average Bonchev–Trinajstić information content (AvgIpc) is 2.08. The first-order chi connectivity index (χ1) is 6.22. The molecule has 0 bridgehead atoms. The van der Waals surface area contributed by atoms with Crippen LogP contribution in [0.4, 0.5) is 0 Å². The summed E-state index contributed by atoms with van der Waals surface area (Å²) in [5.74, 6) is -0.787. The summed E-state index contributed by atoms with van der Waals surface area (Å²) in [5, 5.41) is 8.53. The van der Waals surface area contributed by atoms with Crippen molar-refractivity contribution in [3.8, 4) is 0 Å². The lowest BCUT2D eigenvalue weighted by molar-refractivity contribution is -0.136. The molecule has 0 fully saturated rings. The Bertz CT molecular complexity index is 275. The summed E-state index contributed by atoms with van der Waals surface area (Å²) in [6.45, 7) is 3.76. The van der Waals surface area contributed by atoms with E-state index in [0.29, 0.717) is 0 Å². The Kier molecular flexibility index (Phi) is 3.50. The van der Waals surface area contributed by atoms with Crippen molar-refractivity contribution in [3.63, 3.8) is 0 Å². The van der Waals surface area contributed by atoms with Gasteiger partial charge in [-0.25, -0.2) is 0 Å². The van der Waals surface area contributed by atoms with Gasteiger partial charge in [-0.15, -0.1) is 0 Å². The largest absolute Gasteiger partial charge is 0.481 e. The number of carboxylic acid groups (broad SMARTS) is 1. The molecule has 0 spiro atoms. The lowest BCUT2D eigenvalue weighted by atomic mass is 10.1. The predicted molar refractivity (Wildman–Crippen MR) is 51.5 cm³/mol. The smallest absolute Gasteiger partial charge is 0.307 e. The topological polar surface area (TPSA) is 37.3 Å². The number of carbonyl (C=O) groups is 1. The predicted octanol–water partition coefficient (Wildman–Crippen LogP) is 2.08. The van der Waals surface area contributed by atoms with Crippen molar-refractivity contribution in [2.45, 2.75) is 19.3 Å². The molecule has 0 saturated heterocycles. The molecule has 0 aliphatic rings. The van der Waals surface area contributed by atoms with Crippen molar-refractivity contribution >= 4 is 5.97 Å². The van der Waals surface area contributed by atoms with Gasteiger partial charge in [0.25, 0.3) is 0 Å². The highest BCUT2D eigenvalue weighted by Crippen LogP contribution is 2.06. The molecule has 1 N–H and O–H groups in total. The minimum Gasteiger partial charge on any atom is -0.481 e. The van der Waals surface area contributed by atoms with Gasteiger partial charge < -0.3 is 5.11 Å². The van der Waals surface area contributed by atoms with E-state index < -0.39 is 5.97 Å². The van der Waals surface area contributed by atoms with E-state index in [4.69, 9.17) is 5.11 Å². The van der Waals surface area contributed by atoms with Crippen molar-refractivity contribution in [3.05, 3.63) is 42.3 Å². The molecular formula is C11H13O2. The number of hydrogen-bond donors (Lipinski definition) is 1. The summed E-state index contributed by atoms with van der Waals surface area (Å²) in [5.41, 5.74) is 2.06. The van der Waals surface area contributed by atoms with Gasteiger partial charge in [-0.1, -0.05) is 31.2 Å². The van der Waals surface area contributed by atoms with Crippen LogP contribution in [0.5, 0.6) is 0 Å². The summed E-state index contributed by atoms with van der Waals surface area (Å²) < 4.78 is 0. The third-order valence-electron chi connectivity index (χ3n) is 1.84. The zero-order valence-corrected chi connectivity index (χ0v) is 7.49. The Balaban J connectivity index is 2.64. The van der Waals surface area contributed by atoms with Crippen molar-refractivity contribution < 1.29 is 9.90 Å². The lowest BCUT2D eigenvalue weighted by Crippen LogP contribution is -1.99. The first kappa shape index (κ1) is 9.78. The van der Waals surface area contributed by atoms with Gasteiger partial charge in [-0.2, -0.15) is 0 Å². The monoisotopic (exact) mass is 177 g/mol. The molecule has 1 aromatic carbocycles. The quantitative estimate of drug-likeness (QED) is 0.764. The van der Waals surface area contributed by atoms with Crippen LogP contribution >= 0.6 is 0 Å². The minimum absolute atomic E-state index is 0.102. The summed E-state index contributed by atoms with van der Waals surface area (Å²) in [6, 6.07) is 7.64. The molecule has 0 unspecified atom stereocenters. The normalized spacial score (nSPS) is 9.92. The first-order valence-electron chi connectivity index (χ1n) is 4.31. The molecule has 0 aromatic heterocycles. The molecule has 0 atom stereocenters. The van der Waals surface area contributed by atoms with E-state index >= 15 is 0 Å². The Morgan fingerprint density at radius 1 is 1.23 bits per heavy atom. The number of rotatable bonds is 4. The van der Waals surface area contributed by atoms with E-state index in [1.54, 1.807) is 0 Å². The van der Waals surface area contributed by atoms with Gasteiger partial charge in [0.15, 0.2) is 0 Å². The van der Waals surface area contributed by atoms with Crippen LogP contribution in [-0.4, -0.2) is 11.1 Å². The molecule has 0 aliphatic heterocycles. The second kappa shape index (κ2) is 4.65. The highest BCUT2D eigenvalue weighted by molar-refractivity contribution is 5.70. The highest BCUT2D eigenvalue weighted by Gasteiger charge is 1.99. The van der Waals surface area contributed by atoms with E-state index in [1.165, 1.54) is 5.56 Å². The molecule has 1 radical (unpaired) electrons. The minimum atomic E-state index is -0.787. The van der Waals surface area contributed by atoms with Gasteiger partial charge in [0.1, 0.15) is 0 Å². The fourth-order valence-corrected chi connectivity index (χ4v) is 1.20. The van der Waals surface area contributed by atoms with Gasteiger partial charge in [0.05, 0.1) is 6.42 Å². The van der Waals surface area contributed by atoms with Crippen LogP contribution in [0, 0.1) is 6.92 Å². The Morgan fingerprint density at radius 3 is 2.23 bits per heavy atom. The molecule has 0 saturated carbocycles. The average molecular weight is 177 g/mol. The second-order valence-corrected chi connectivity index (χ2v) is 2.99. The van der Waals surface area contributed by atoms with Crippen LogP contribution in [0.25, 0.3) is 0 Å². The fourth-order valence-electron chi connectivity index (χ4n) is 1.20. The van der Waals surface area contributed by atoms with Crippen LogP contribution in [-0.2, 0) is 17.6 Å². The van der Waals surface area contributed by atoms with Crippen LogP contribution in [0.3, 0.4) is 0 Å². The van der Waals surface area contributed by atoms with Crippen molar-refractivity contribution in [2.24, 2.45) is 0 Å².